The van der Waals surface area contributed by atoms with Crippen molar-refractivity contribution in [3.8, 4) is 0 Å². The van der Waals surface area contributed by atoms with E-state index in [0.717, 1.165) is 18.7 Å². The van der Waals surface area contributed by atoms with Crippen molar-refractivity contribution in [3.05, 3.63) is 0 Å². The minimum Gasteiger partial charge on any atom is -0.480 e. The second-order valence-corrected chi connectivity index (χ2v) is 14.7. The van der Waals surface area contributed by atoms with Crippen LogP contribution in [0.15, 0.2) is 0 Å². The van der Waals surface area contributed by atoms with E-state index < -0.39 is 115 Å². The Balaban J connectivity index is 6.18. The van der Waals surface area contributed by atoms with Gasteiger partial charge in [-0.2, -0.15) is 0 Å². The summed E-state index contributed by atoms with van der Waals surface area (Å²) in [6.45, 7) is 11.1. The van der Waals surface area contributed by atoms with Crippen LogP contribution in [0.4, 0.5) is 0 Å². The van der Waals surface area contributed by atoms with E-state index >= 15 is 0 Å². The van der Waals surface area contributed by atoms with Crippen molar-refractivity contribution in [1.29, 1.82) is 0 Å². The number of aliphatic hydroxyl groups excluding tert-OH is 5. The number of ketones is 1. The van der Waals surface area contributed by atoms with Gasteiger partial charge in [0.15, 0.2) is 0 Å². The predicted molar refractivity (Wildman–Crippen MR) is 180 cm³/mol. The van der Waals surface area contributed by atoms with Gasteiger partial charge in [0.2, 0.25) is 23.5 Å². The van der Waals surface area contributed by atoms with Crippen molar-refractivity contribution in [2.45, 2.75) is 136 Å². The van der Waals surface area contributed by atoms with E-state index in [-0.39, 0.29) is 24.8 Å². The molecule has 7 atom stereocenters. The van der Waals surface area contributed by atoms with Crippen molar-refractivity contribution in [3.63, 3.8) is 0 Å². The number of nitrogens with zero attached hydrogens (tertiary/aromatic N) is 1. The second-order valence-electron chi connectivity index (χ2n) is 14.7. The van der Waals surface area contributed by atoms with Crippen LogP contribution >= 0.6 is 0 Å². The van der Waals surface area contributed by atoms with Gasteiger partial charge in [-0.1, -0.05) is 13.8 Å². The number of ether oxygens (including phenoxy) is 1. The molecule has 0 aliphatic rings. The molecule has 0 radical (unpaired) electrons. The molecule has 0 aliphatic carbocycles. The van der Waals surface area contributed by atoms with Crippen molar-refractivity contribution >= 4 is 41.4 Å². The first-order chi connectivity index (χ1) is 23.2. The molecule has 0 bridgehead atoms. The Morgan fingerprint density at radius 3 is 1.84 bits per heavy atom. The van der Waals surface area contributed by atoms with Gasteiger partial charge in [0.1, 0.15) is 41.5 Å². The minimum absolute atomic E-state index is 0.179. The number of carbonyl (C=O) groups excluding carboxylic acids is 6. The molecule has 0 aromatic heterocycles. The standard InChI is InChI=1S/C33H58N4O14/c1-17(2)12-18(3)34-29(47)20(10-11-25(43)51-32(4,5)6)36-23(41)13-19(35-30(48)28(46)33(7,8)31(49)50)14-24(42)37(9)15-21(39)26(44)27(45)22(40)16-38/h17-22,26-27,38-40,44-45H,10-16H2,1-9H3,(H,34,47)(H,35,48)(H,36,41)(H,49,50)/t18-,19?,20-,21-,22+,26+,27+/m0/s1. The number of Topliss-reactive ketones (excluding diaryl/α,β-unsaturated/α-hetero) is 1. The van der Waals surface area contributed by atoms with E-state index in [9.17, 15) is 59.1 Å². The maximum Gasteiger partial charge on any atom is 0.317 e. The zero-order chi connectivity index (χ0) is 40.0. The normalized spacial score (nSPS) is 16.1. The van der Waals surface area contributed by atoms with E-state index in [0.29, 0.717) is 6.42 Å². The third kappa shape index (κ3) is 17.4. The molecule has 9 N–H and O–H groups in total. The summed E-state index contributed by atoms with van der Waals surface area (Å²) in [6.07, 6.45) is -8.83. The monoisotopic (exact) mass is 734 g/mol. The van der Waals surface area contributed by atoms with E-state index in [1.54, 1.807) is 27.7 Å². The molecule has 0 saturated heterocycles. The number of hydrogen-bond acceptors (Lipinski definition) is 13. The molecule has 18 heteroatoms. The summed E-state index contributed by atoms with van der Waals surface area (Å²) >= 11 is 0. The van der Waals surface area contributed by atoms with Crippen LogP contribution < -0.4 is 16.0 Å². The summed E-state index contributed by atoms with van der Waals surface area (Å²) in [5, 5.41) is 65.7. The highest BCUT2D eigenvalue weighted by molar-refractivity contribution is 6.41. The fourth-order valence-corrected chi connectivity index (χ4v) is 4.74. The van der Waals surface area contributed by atoms with Gasteiger partial charge in [-0.25, -0.2) is 0 Å². The highest BCUT2D eigenvalue weighted by Crippen LogP contribution is 2.18. The van der Waals surface area contributed by atoms with E-state index in [1.807, 2.05) is 13.8 Å². The summed E-state index contributed by atoms with van der Waals surface area (Å²) in [7, 11) is 1.17. The molecular weight excluding hydrogens is 676 g/mol. The average Bonchev–Trinajstić information content (AvgIpc) is 2.99. The number of aliphatic hydroxyl groups is 5. The van der Waals surface area contributed by atoms with Gasteiger partial charge >= 0.3 is 11.9 Å². The van der Waals surface area contributed by atoms with Gasteiger partial charge in [0, 0.05) is 44.9 Å². The van der Waals surface area contributed by atoms with Crippen LogP contribution in [0, 0.1) is 11.3 Å². The van der Waals surface area contributed by atoms with Gasteiger partial charge in [-0.3, -0.25) is 33.6 Å². The van der Waals surface area contributed by atoms with Gasteiger partial charge < -0.3 is 56.2 Å². The zero-order valence-electron chi connectivity index (χ0n) is 31.0. The molecular formula is C33H58N4O14. The lowest BCUT2D eigenvalue weighted by Crippen LogP contribution is -2.53. The van der Waals surface area contributed by atoms with Crippen LogP contribution in [0.2, 0.25) is 0 Å². The summed E-state index contributed by atoms with van der Waals surface area (Å²) in [4.78, 5) is 90.1. The topological polar surface area (TPSA) is 289 Å². The Kier molecular flexibility index (Phi) is 19.4. The molecule has 0 aliphatic heterocycles. The molecule has 4 amide bonds. The summed E-state index contributed by atoms with van der Waals surface area (Å²) in [5.41, 5.74) is -2.98. The lowest BCUT2D eigenvalue weighted by atomic mass is 9.87. The first-order valence-electron chi connectivity index (χ1n) is 16.7. The molecule has 294 valence electrons. The molecule has 0 aromatic rings. The van der Waals surface area contributed by atoms with Crippen LogP contribution in [-0.2, 0) is 38.3 Å². The Morgan fingerprint density at radius 1 is 0.804 bits per heavy atom. The van der Waals surface area contributed by atoms with Crippen LogP contribution in [0.25, 0.3) is 0 Å². The van der Waals surface area contributed by atoms with Gasteiger partial charge in [0.05, 0.1) is 6.61 Å². The van der Waals surface area contributed by atoms with Crippen LogP contribution in [0.3, 0.4) is 0 Å². The average molecular weight is 735 g/mol. The lowest BCUT2D eigenvalue weighted by Gasteiger charge is -2.29. The first kappa shape index (κ1) is 47.3. The third-order valence-corrected chi connectivity index (χ3v) is 7.63. The molecule has 1 unspecified atom stereocenters. The highest BCUT2D eigenvalue weighted by atomic mass is 16.6. The number of hydrogen-bond donors (Lipinski definition) is 9. The fraction of sp³-hybridized carbons (Fsp3) is 0.788. The molecule has 51 heavy (non-hydrogen) atoms. The van der Waals surface area contributed by atoms with E-state index in [4.69, 9.17) is 9.84 Å². The smallest absolute Gasteiger partial charge is 0.317 e. The number of esters is 1. The predicted octanol–water partition coefficient (Wildman–Crippen LogP) is -2.02. The largest absolute Gasteiger partial charge is 0.480 e. The molecule has 0 aromatic carbocycles. The molecule has 0 spiro atoms. The summed E-state index contributed by atoms with van der Waals surface area (Å²) < 4.78 is 5.30. The number of likely N-dealkylation sites (N-methyl/N-ethyl adjacent to an activating group) is 1. The number of aliphatic carboxylic acids is 1. The fourth-order valence-electron chi connectivity index (χ4n) is 4.74. The third-order valence-electron chi connectivity index (χ3n) is 7.63. The molecule has 18 nitrogen and oxygen atoms in total. The second kappa shape index (κ2) is 21.0. The lowest BCUT2D eigenvalue weighted by molar-refractivity contribution is -0.157. The van der Waals surface area contributed by atoms with Gasteiger partial charge in [-0.05, 0) is 60.3 Å². The molecule has 0 heterocycles. The van der Waals surface area contributed by atoms with E-state index in [1.165, 1.54) is 7.05 Å². The zero-order valence-corrected chi connectivity index (χ0v) is 31.0. The Hall–Kier alpha value is -3.71. The number of carboxylic acid groups (broad SMARTS) is 1. The van der Waals surface area contributed by atoms with Crippen LogP contribution in [0.5, 0.6) is 0 Å². The number of carbonyl (C=O) groups is 7. The van der Waals surface area contributed by atoms with Crippen LogP contribution in [0.1, 0.15) is 87.5 Å². The Labute approximate surface area is 298 Å². The van der Waals surface area contributed by atoms with Crippen molar-refractivity contribution in [2.24, 2.45) is 11.3 Å². The van der Waals surface area contributed by atoms with E-state index in [2.05, 4.69) is 16.0 Å². The van der Waals surface area contributed by atoms with Crippen molar-refractivity contribution < 1.29 is 68.9 Å². The molecule has 0 rings (SSSR count). The van der Waals surface area contributed by atoms with Gasteiger partial charge in [-0.15, -0.1) is 0 Å². The van der Waals surface area contributed by atoms with Crippen molar-refractivity contribution in [2.75, 3.05) is 20.2 Å². The SMILES string of the molecule is CC(C)C[C@H](C)NC(=O)[C@H](CCC(=O)OC(C)(C)C)NC(=O)CC(CC(=O)N(C)C[C@H](O)[C@@H](O)[C@H](O)[C@H](O)CO)NC(=O)C(=O)C(C)(C)C(=O)O. The number of carboxylic acids is 1. The Bertz CT molecular complexity index is 1220. The maximum absolute atomic E-state index is 13.3. The summed E-state index contributed by atoms with van der Waals surface area (Å²) in [6, 6.07) is -3.04. The molecule has 0 fully saturated rings. The molecule has 0 saturated carbocycles. The quantitative estimate of drug-likeness (QED) is 0.0330. The maximum atomic E-state index is 13.3. The first-order valence-corrected chi connectivity index (χ1v) is 16.7. The number of nitrogens with one attached hydrogen (secondary N) is 3. The Morgan fingerprint density at radius 2 is 1.35 bits per heavy atom. The number of amides is 4. The summed E-state index contributed by atoms with van der Waals surface area (Å²) in [5.74, 6) is -7.19. The minimum atomic E-state index is -2.17. The van der Waals surface area contributed by atoms with Crippen molar-refractivity contribution in [1.82, 2.24) is 20.9 Å². The highest BCUT2D eigenvalue weighted by Gasteiger charge is 2.41. The van der Waals surface area contributed by atoms with Gasteiger partial charge in [0.25, 0.3) is 5.91 Å². The van der Waals surface area contributed by atoms with Crippen LogP contribution in [-0.4, -0.2) is 145 Å². The number of rotatable bonds is 22.